The monoisotopic (exact) mass is 581 g/mol. The van der Waals surface area contributed by atoms with Crippen molar-refractivity contribution in [2.45, 2.75) is 18.9 Å². The Labute approximate surface area is 249 Å². The van der Waals surface area contributed by atoms with Crippen LogP contribution >= 0.6 is 0 Å². The minimum atomic E-state index is -0.241. The van der Waals surface area contributed by atoms with Gasteiger partial charge in [0.1, 0.15) is 23.2 Å². The molecule has 0 bridgehead atoms. The molecule has 7 rings (SSSR count). The van der Waals surface area contributed by atoms with Gasteiger partial charge in [-0.25, -0.2) is 9.97 Å². The smallest absolute Gasteiger partial charge is 0.227 e. The molecule has 2 aliphatic rings. The third kappa shape index (κ3) is 5.44. The molecule has 2 atom stereocenters. The number of furan rings is 1. The van der Waals surface area contributed by atoms with Crippen LogP contribution in [0.2, 0.25) is 0 Å². The number of carbonyl (C=O) groups excluding carboxylic acids is 1. The van der Waals surface area contributed by atoms with Crippen LogP contribution in [0.25, 0.3) is 33.1 Å². The Hall–Kier alpha value is -4.41. The first-order chi connectivity index (χ1) is 21.1. The van der Waals surface area contributed by atoms with Gasteiger partial charge in [0.15, 0.2) is 0 Å². The number of hydrogen-bond donors (Lipinski definition) is 1. The number of rotatable bonds is 8. The highest BCUT2D eigenvalue weighted by molar-refractivity contribution is 5.89. The molecule has 3 aromatic heterocycles. The fourth-order valence-electron chi connectivity index (χ4n) is 6.31. The number of benzene rings is 2. The van der Waals surface area contributed by atoms with Gasteiger partial charge in [-0.05, 0) is 36.6 Å². The highest BCUT2D eigenvalue weighted by Crippen LogP contribution is 2.34. The van der Waals surface area contributed by atoms with Gasteiger partial charge < -0.3 is 28.5 Å². The van der Waals surface area contributed by atoms with E-state index < -0.39 is 0 Å². The Bertz CT molecular complexity index is 1760. The summed E-state index contributed by atoms with van der Waals surface area (Å²) >= 11 is 0. The summed E-state index contributed by atoms with van der Waals surface area (Å²) in [5.74, 6) is 2.53. The van der Waals surface area contributed by atoms with Gasteiger partial charge in [0, 0.05) is 55.2 Å². The summed E-state index contributed by atoms with van der Waals surface area (Å²) in [6.45, 7) is 4.66. The summed E-state index contributed by atoms with van der Waals surface area (Å²) in [5.41, 5.74) is 4.06. The molecule has 2 unspecified atom stereocenters. The molecule has 10 nitrogen and oxygen atoms in total. The van der Waals surface area contributed by atoms with E-state index in [-0.39, 0.29) is 18.4 Å². The van der Waals surface area contributed by atoms with E-state index in [2.05, 4.69) is 16.0 Å². The molecule has 0 saturated carbocycles. The van der Waals surface area contributed by atoms with Crippen molar-refractivity contribution in [2.75, 3.05) is 53.6 Å². The molecule has 1 N–H and O–H groups in total. The van der Waals surface area contributed by atoms with E-state index >= 15 is 0 Å². The number of piperazine rings is 1. The molecule has 0 aliphatic carbocycles. The highest BCUT2D eigenvalue weighted by Gasteiger charge is 2.35. The van der Waals surface area contributed by atoms with Gasteiger partial charge in [-0.3, -0.25) is 9.69 Å². The first-order valence-electron chi connectivity index (χ1n) is 14.7. The standard InChI is InChI=1S/C33H35N5O5/c1-40-24-7-8-25-23(20-43-30(25)15-24)14-31(39)38-11-10-37(17-21-9-12-42-19-21)18-29(38)32-34-16-28(35-32)26-13-22-5-3-4-6-27(22)36-33(26)41-2/h3-8,13,15-16,20-21,29H,9-12,14,17-19H2,1-2H3,(H,34,35). The third-order valence-electron chi connectivity index (χ3n) is 8.61. The Morgan fingerprint density at radius 3 is 2.86 bits per heavy atom. The molecule has 0 spiro atoms. The molecular formula is C33H35N5O5. The Morgan fingerprint density at radius 1 is 1.12 bits per heavy atom. The van der Waals surface area contributed by atoms with Crippen molar-refractivity contribution in [1.82, 2.24) is 24.8 Å². The summed E-state index contributed by atoms with van der Waals surface area (Å²) in [5, 5.41) is 1.93. The number of hydrogen-bond acceptors (Lipinski definition) is 8. The number of ether oxygens (including phenoxy) is 3. The van der Waals surface area contributed by atoms with Gasteiger partial charge in [-0.15, -0.1) is 0 Å². The fourth-order valence-corrected chi connectivity index (χ4v) is 6.31. The first-order valence-corrected chi connectivity index (χ1v) is 14.7. The van der Waals surface area contributed by atoms with Crippen molar-refractivity contribution >= 4 is 27.8 Å². The van der Waals surface area contributed by atoms with Crippen LogP contribution in [0.15, 0.2) is 65.4 Å². The minimum Gasteiger partial charge on any atom is -0.497 e. The highest BCUT2D eigenvalue weighted by atomic mass is 16.5. The number of pyridine rings is 1. The van der Waals surface area contributed by atoms with E-state index in [1.165, 1.54) is 0 Å². The predicted octanol–water partition coefficient (Wildman–Crippen LogP) is 4.85. The normalized spacial score (nSPS) is 19.3. The lowest BCUT2D eigenvalue weighted by molar-refractivity contribution is -0.136. The number of methoxy groups -OCH3 is 2. The summed E-state index contributed by atoms with van der Waals surface area (Å²) < 4.78 is 22.4. The molecule has 10 heteroatoms. The van der Waals surface area contributed by atoms with Crippen molar-refractivity contribution in [3.63, 3.8) is 0 Å². The van der Waals surface area contributed by atoms with Crippen LogP contribution in [0, 0.1) is 5.92 Å². The molecule has 0 radical (unpaired) electrons. The topological polar surface area (TPSA) is 106 Å². The molecule has 2 aromatic carbocycles. The first kappa shape index (κ1) is 27.4. The maximum absolute atomic E-state index is 13.9. The second-order valence-corrected chi connectivity index (χ2v) is 11.3. The number of aromatic amines is 1. The molecule has 2 saturated heterocycles. The number of imidazole rings is 1. The largest absolute Gasteiger partial charge is 0.497 e. The van der Waals surface area contributed by atoms with E-state index in [1.807, 2.05) is 53.6 Å². The van der Waals surface area contributed by atoms with E-state index in [9.17, 15) is 4.79 Å². The average Bonchev–Trinajstić information content (AvgIpc) is 3.82. The zero-order chi connectivity index (χ0) is 29.3. The van der Waals surface area contributed by atoms with Crippen LogP contribution in [0.1, 0.15) is 23.9 Å². The number of carbonyl (C=O) groups is 1. The number of fused-ring (bicyclic) bond motifs is 2. The molecule has 1 amide bonds. The van der Waals surface area contributed by atoms with Crippen LogP contribution in [-0.2, 0) is 16.0 Å². The van der Waals surface area contributed by atoms with Crippen LogP contribution in [-0.4, -0.2) is 84.3 Å². The number of amides is 1. The number of aromatic nitrogens is 3. The minimum absolute atomic E-state index is 0.0373. The van der Waals surface area contributed by atoms with Crippen LogP contribution in [0.5, 0.6) is 11.6 Å². The van der Waals surface area contributed by atoms with Gasteiger partial charge in [-0.1, -0.05) is 18.2 Å². The summed E-state index contributed by atoms with van der Waals surface area (Å²) in [4.78, 5) is 31.4. The maximum atomic E-state index is 13.9. The van der Waals surface area contributed by atoms with Gasteiger partial charge in [0.25, 0.3) is 0 Å². The van der Waals surface area contributed by atoms with Gasteiger partial charge in [-0.2, -0.15) is 0 Å². The fraction of sp³-hybridized carbons (Fsp3) is 0.364. The number of nitrogens with one attached hydrogen (secondary N) is 1. The zero-order valence-corrected chi connectivity index (χ0v) is 24.4. The maximum Gasteiger partial charge on any atom is 0.227 e. The van der Waals surface area contributed by atoms with E-state index in [0.29, 0.717) is 30.5 Å². The zero-order valence-electron chi connectivity index (χ0n) is 24.4. The Balaban J connectivity index is 1.18. The van der Waals surface area contributed by atoms with Crippen molar-refractivity contribution < 1.29 is 23.4 Å². The molecule has 222 valence electrons. The van der Waals surface area contributed by atoms with Crippen LogP contribution < -0.4 is 9.47 Å². The summed E-state index contributed by atoms with van der Waals surface area (Å²) in [7, 11) is 3.25. The molecule has 5 heterocycles. The quantitative estimate of drug-likeness (QED) is 0.277. The average molecular weight is 582 g/mol. The third-order valence-corrected chi connectivity index (χ3v) is 8.61. The lowest BCUT2D eigenvalue weighted by atomic mass is 10.0. The van der Waals surface area contributed by atoms with Crippen molar-refractivity contribution in [1.29, 1.82) is 0 Å². The predicted molar refractivity (Wildman–Crippen MR) is 162 cm³/mol. The molecule has 43 heavy (non-hydrogen) atoms. The summed E-state index contributed by atoms with van der Waals surface area (Å²) in [6.07, 6.45) is 4.80. The van der Waals surface area contributed by atoms with E-state index in [4.69, 9.17) is 28.6 Å². The van der Waals surface area contributed by atoms with Gasteiger partial charge in [0.2, 0.25) is 11.8 Å². The molecule has 5 aromatic rings. The lowest BCUT2D eigenvalue weighted by Crippen LogP contribution is -2.52. The van der Waals surface area contributed by atoms with Crippen molar-refractivity contribution in [2.24, 2.45) is 5.92 Å². The van der Waals surface area contributed by atoms with Gasteiger partial charge in [0.05, 0.1) is 56.5 Å². The van der Waals surface area contributed by atoms with E-state index in [1.54, 1.807) is 20.5 Å². The molecule has 2 fully saturated rings. The summed E-state index contributed by atoms with van der Waals surface area (Å²) in [6, 6.07) is 15.5. The van der Waals surface area contributed by atoms with Crippen molar-refractivity contribution in [3.05, 3.63) is 72.4 Å². The lowest BCUT2D eigenvalue weighted by Gasteiger charge is -2.41. The SMILES string of the molecule is COc1ccc2c(CC(=O)N3CCN(CC4CCOC4)CC3c3ncc(-c4cc5ccccc5nc4OC)[nH]3)coc2c1. The second kappa shape index (κ2) is 11.7. The Kier molecular flexibility index (Phi) is 7.46. The van der Waals surface area contributed by atoms with Crippen LogP contribution in [0.3, 0.4) is 0 Å². The molecule has 2 aliphatic heterocycles. The number of para-hydroxylation sites is 1. The number of H-pyrrole nitrogens is 1. The Morgan fingerprint density at radius 2 is 2.02 bits per heavy atom. The van der Waals surface area contributed by atoms with Crippen LogP contribution in [0.4, 0.5) is 0 Å². The number of nitrogens with zero attached hydrogens (tertiary/aromatic N) is 4. The molecular weight excluding hydrogens is 546 g/mol. The van der Waals surface area contributed by atoms with Crippen molar-refractivity contribution in [3.8, 4) is 22.9 Å². The van der Waals surface area contributed by atoms with E-state index in [0.717, 1.165) is 77.4 Å². The van der Waals surface area contributed by atoms with Gasteiger partial charge >= 0.3 is 0 Å². The second-order valence-electron chi connectivity index (χ2n) is 11.3.